The molecule has 0 saturated heterocycles. The van der Waals surface area contributed by atoms with Gasteiger partial charge in [-0.15, -0.1) is 0 Å². The van der Waals surface area contributed by atoms with Gasteiger partial charge in [0.15, 0.2) is 0 Å². The zero-order chi connectivity index (χ0) is 18.6. The number of ether oxygens (including phenoxy) is 1. The smallest absolute Gasteiger partial charge is 0.254 e. The molecule has 0 bridgehead atoms. The normalized spacial score (nSPS) is 21.0. The van der Waals surface area contributed by atoms with Crippen LogP contribution in [0.1, 0.15) is 46.0 Å². The van der Waals surface area contributed by atoms with Gasteiger partial charge < -0.3 is 19.7 Å². The SMILES string of the molecule is Cn1cc(Br)c(O[C@H]2CC[C@H](NC(=O)CC(C)(C)CO)CC2)cc1=O. The van der Waals surface area contributed by atoms with Gasteiger partial charge in [0.05, 0.1) is 10.6 Å². The zero-order valence-corrected chi connectivity index (χ0v) is 16.6. The summed E-state index contributed by atoms with van der Waals surface area (Å²) >= 11 is 3.43. The predicted octanol–water partition coefficient (Wildman–Crippen LogP) is 2.36. The molecule has 0 atom stereocenters. The summed E-state index contributed by atoms with van der Waals surface area (Å²) < 4.78 is 8.22. The summed E-state index contributed by atoms with van der Waals surface area (Å²) in [5.41, 5.74) is -0.499. The van der Waals surface area contributed by atoms with Crippen molar-refractivity contribution in [3.05, 3.63) is 27.1 Å². The number of pyridine rings is 1. The standard InChI is InChI=1S/C18H27BrN2O4/c1-18(2,11-22)9-16(23)20-12-4-6-13(7-5-12)25-15-8-17(24)21(3)10-14(15)19/h8,10,12-13,22H,4-7,9,11H2,1-3H3,(H,20,23)/t12-,13-. The van der Waals surface area contributed by atoms with Crippen molar-refractivity contribution in [1.29, 1.82) is 0 Å². The molecule has 1 aromatic rings. The van der Waals surface area contributed by atoms with Gasteiger partial charge in [0, 0.05) is 38.4 Å². The summed E-state index contributed by atoms with van der Waals surface area (Å²) in [7, 11) is 1.70. The first-order valence-corrected chi connectivity index (χ1v) is 9.42. The number of hydrogen-bond donors (Lipinski definition) is 2. The molecule has 1 heterocycles. The van der Waals surface area contributed by atoms with Crippen molar-refractivity contribution < 1.29 is 14.6 Å². The van der Waals surface area contributed by atoms with E-state index < -0.39 is 5.41 Å². The van der Waals surface area contributed by atoms with Crippen LogP contribution in [-0.2, 0) is 11.8 Å². The molecule has 6 nitrogen and oxygen atoms in total. The fourth-order valence-electron chi connectivity index (χ4n) is 2.94. The summed E-state index contributed by atoms with van der Waals surface area (Å²) in [4.78, 5) is 23.8. The van der Waals surface area contributed by atoms with Gasteiger partial charge in [-0.05, 0) is 47.0 Å². The fraction of sp³-hybridized carbons (Fsp3) is 0.667. The number of nitrogens with one attached hydrogen (secondary N) is 1. The third-order valence-electron chi connectivity index (χ3n) is 4.54. The van der Waals surface area contributed by atoms with Crippen molar-refractivity contribution in [1.82, 2.24) is 9.88 Å². The molecule has 2 rings (SSSR count). The first kappa shape index (κ1) is 20.0. The average molecular weight is 415 g/mol. The number of halogens is 1. The van der Waals surface area contributed by atoms with E-state index >= 15 is 0 Å². The van der Waals surface area contributed by atoms with Crippen LogP contribution >= 0.6 is 15.9 Å². The van der Waals surface area contributed by atoms with Crippen LogP contribution < -0.4 is 15.6 Å². The molecule has 1 aliphatic carbocycles. The summed E-state index contributed by atoms with van der Waals surface area (Å²) in [5.74, 6) is 0.554. The van der Waals surface area contributed by atoms with Crippen molar-refractivity contribution in [2.45, 2.75) is 58.1 Å². The fourth-order valence-corrected chi connectivity index (χ4v) is 3.46. The van der Waals surface area contributed by atoms with E-state index in [0.717, 1.165) is 30.2 Å². The second kappa shape index (κ2) is 8.36. The third kappa shape index (κ3) is 5.85. The lowest BCUT2D eigenvalue weighted by molar-refractivity contribution is -0.124. The lowest BCUT2D eigenvalue weighted by atomic mass is 9.89. The van der Waals surface area contributed by atoms with Crippen LogP contribution in [0.15, 0.2) is 21.5 Å². The Morgan fingerprint density at radius 1 is 1.40 bits per heavy atom. The minimum atomic E-state index is -0.393. The Hall–Kier alpha value is -1.34. The number of aliphatic hydroxyl groups is 1. The van der Waals surface area contributed by atoms with Gasteiger partial charge >= 0.3 is 0 Å². The van der Waals surface area contributed by atoms with Gasteiger partial charge in [0.25, 0.3) is 5.56 Å². The zero-order valence-electron chi connectivity index (χ0n) is 15.0. The summed E-state index contributed by atoms with van der Waals surface area (Å²) in [5, 5.41) is 12.3. The Bertz CT molecular complexity index is 664. The molecule has 1 aliphatic rings. The van der Waals surface area contributed by atoms with Gasteiger partial charge in [0.2, 0.25) is 5.91 Å². The molecular formula is C18H27BrN2O4. The minimum Gasteiger partial charge on any atom is -0.489 e. The molecular weight excluding hydrogens is 388 g/mol. The maximum atomic E-state index is 12.1. The van der Waals surface area contributed by atoms with E-state index in [0.29, 0.717) is 12.2 Å². The Kier molecular flexibility index (Phi) is 6.68. The first-order chi connectivity index (χ1) is 11.7. The first-order valence-electron chi connectivity index (χ1n) is 8.63. The predicted molar refractivity (Wildman–Crippen MR) is 99.7 cm³/mol. The number of amides is 1. The van der Waals surface area contributed by atoms with Crippen LogP contribution in [0.25, 0.3) is 0 Å². The summed E-state index contributed by atoms with van der Waals surface area (Å²) in [6.45, 7) is 3.74. The van der Waals surface area contributed by atoms with Gasteiger partial charge in [-0.1, -0.05) is 13.8 Å². The van der Waals surface area contributed by atoms with Crippen molar-refractivity contribution in [2.24, 2.45) is 12.5 Å². The maximum absolute atomic E-state index is 12.1. The molecule has 0 aromatic carbocycles. The molecule has 2 N–H and O–H groups in total. The number of rotatable bonds is 6. The third-order valence-corrected chi connectivity index (χ3v) is 5.14. The van der Waals surface area contributed by atoms with E-state index in [9.17, 15) is 14.7 Å². The Labute approximate surface area is 156 Å². The molecule has 0 unspecified atom stereocenters. The number of carbonyl (C=O) groups is 1. The van der Waals surface area contributed by atoms with Crippen LogP contribution in [-0.4, -0.2) is 34.3 Å². The minimum absolute atomic E-state index is 0.00752. The largest absolute Gasteiger partial charge is 0.489 e. The average Bonchev–Trinajstić information content (AvgIpc) is 2.54. The molecule has 1 aromatic heterocycles. The van der Waals surface area contributed by atoms with Crippen molar-refractivity contribution >= 4 is 21.8 Å². The number of aryl methyl sites for hydroxylation is 1. The number of carbonyl (C=O) groups excluding carboxylic acids is 1. The second-order valence-electron chi connectivity index (χ2n) is 7.59. The number of aliphatic hydroxyl groups excluding tert-OH is 1. The van der Waals surface area contributed by atoms with E-state index in [1.54, 1.807) is 13.2 Å². The van der Waals surface area contributed by atoms with Crippen molar-refractivity contribution in [3.8, 4) is 5.75 Å². The molecule has 1 saturated carbocycles. The lowest BCUT2D eigenvalue weighted by Crippen LogP contribution is -2.41. The molecule has 1 fully saturated rings. The van der Waals surface area contributed by atoms with Crippen LogP contribution in [0.4, 0.5) is 0 Å². The van der Waals surface area contributed by atoms with Crippen LogP contribution in [0.5, 0.6) is 5.75 Å². The van der Waals surface area contributed by atoms with Gasteiger partial charge in [-0.2, -0.15) is 0 Å². The van der Waals surface area contributed by atoms with E-state index in [-0.39, 0.29) is 30.2 Å². The molecule has 0 radical (unpaired) electrons. The monoisotopic (exact) mass is 414 g/mol. The van der Waals surface area contributed by atoms with Crippen molar-refractivity contribution in [2.75, 3.05) is 6.61 Å². The van der Waals surface area contributed by atoms with Crippen LogP contribution in [0.3, 0.4) is 0 Å². The van der Waals surface area contributed by atoms with E-state index in [2.05, 4.69) is 21.2 Å². The Morgan fingerprint density at radius 2 is 2.04 bits per heavy atom. The van der Waals surface area contributed by atoms with E-state index in [4.69, 9.17) is 4.74 Å². The highest BCUT2D eigenvalue weighted by atomic mass is 79.9. The highest BCUT2D eigenvalue weighted by Crippen LogP contribution is 2.28. The van der Waals surface area contributed by atoms with E-state index in [1.807, 2.05) is 13.8 Å². The molecule has 140 valence electrons. The second-order valence-corrected chi connectivity index (χ2v) is 8.45. The van der Waals surface area contributed by atoms with Gasteiger partial charge in [0.1, 0.15) is 5.75 Å². The summed E-state index contributed by atoms with van der Waals surface area (Å²) in [6, 6.07) is 1.64. The van der Waals surface area contributed by atoms with Crippen LogP contribution in [0.2, 0.25) is 0 Å². The van der Waals surface area contributed by atoms with Crippen LogP contribution in [0, 0.1) is 5.41 Å². The number of nitrogens with zero attached hydrogens (tertiary/aromatic N) is 1. The Morgan fingerprint density at radius 3 is 2.64 bits per heavy atom. The van der Waals surface area contributed by atoms with Crippen molar-refractivity contribution in [3.63, 3.8) is 0 Å². The molecule has 7 heteroatoms. The molecule has 1 amide bonds. The topological polar surface area (TPSA) is 80.6 Å². The molecule has 25 heavy (non-hydrogen) atoms. The maximum Gasteiger partial charge on any atom is 0.254 e. The number of hydrogen-bond acceptors (Lipinski definition) is 4. The highest BCUT2D eigenvalue weighted by Gasteiger charge is 2.26. The van der Waals surface area contributed by atoms with Gasteiger partial charge in [-0.25, -0.2) is 0 Å². The number of aromatic nitrogens is 1. The van der Waals surface area contributed by atoms with E-state index in [1.165, 1.54) is 10.6 Å². The lowest BCUT2D eigenvalue weighted by Gasteiger charge is -2.30. The highest BCUT2D eigenvalue weighted by molar-refractivity contribution is 9.10. The quantitative estimate of drug-likeness (QED) is 0.748. The summed E-state index contributed by atoms with van der Waals surface area (Å²) in [6.07, 6.45) is 5.42. The molecule has 0 aliphatic heterocycles. The molecule has 0 spiro atoms. The Balaban J connectivity index is 1.83. The van der Waals surface area contributed by atoms with Gasteiger partial charge in [-0.3, -0.25) is 9.59 Å².